The number of amides is 2. The SMILES string of the molecule is Cc1ccc(-c2cc(C[C@@]3(C(=O)N(C)C)CCCN(C(=O)CCC4CCCC4)C3)on2)cc1. The van der Waals surface area contributed by atoms with E-state index < -0.39 is 5.41 Å². The molecule has 1 saturated carbocycles. The average Bonchev–Trinajstić information content (AvgIpc) is 3.50. The van der Waals surface area contributed by atoms with Crippen LogP contribution in [0.1, 0.15) is 62.7 Å². The van der Waals surface area contributed by atoms with E-state index in [9.17, 15) is 9.59 Å². The maximum absolute atomic E-state index is 13.4. The van der Waals surface area contributed by atoms with Crippen LogP contribution in [0.4, 0.5) is 0 Å². The van der Waals surface area contributed by atoms with Gasteiger partial charge in [0.05, 0.1) is 5.41 Å². The van der Waals surface area contributed by atoms with Crippen molar-refractivity contribution in [2.24, 2.45) is 11.3 Å². The number of carbonyl (C=O) groups is 2. The van der Waals surface area contributed by atoms with Crippen molar-refractivity contribution in [2.45, 2.75) is 64.7 Å². The number of aromatic nitrogens is 1. The minimum atomic E-state index is -0.672. The van der Waals surface area contributed by atoms with Crippen LogP contribution in [0.2, 0.25) is 0 Å². The van der Waals surface area contributed by atoms with E-state index in [4.69, 9.17) is 4.52 Å². The minimum Gasteiger partial charge on any atom is -0.361 e. The van der Waals surface area contributed by atoms with E-state index >= 15 is 0 Å². The van der Waals surface area contributed by atoms with Crippen molar-refractivity contribution in [1.29, 1.82) is 0 Å². The van der Waals surface area contributed by atoms with Crippen molar-refractivity contribution >= 4 is 11.8 Å². The molecule has 178 valence electrons. The van der Waals surface area contributed by atoms with Gasteiger partial charge in [0.2, 0.25) is 11.8 Å². The normalized spacial score (nSPS) is 21.4. The van der Waals surface area contributed by atoms with Gasteiger partial charge < -0.3 is 14.3 Å². The van der Waals surface area contributed by atoms with Crippen LogP contribution in [0.15, 0.2) is 34.9 Å². The summed E-state index contributed by atoms with van der Waals surface area (Å²) in [5.74, 6) is 1.64. The smallest absolute Gasteiger partial charge is 0.230 e. The lowest BCUT2D eigenvalue weighted by molar-refractivity contribution is -0.147. The zero-order valence-corrected chi connectivity index (χ0v) is 20.3. The first-order chi connectivity index (χ1) is 15.9. The van der Waals surface area contributed by atoms with Crippen molar-refractivity contribution in [1.82, 2.24) is 15.0 Å². The summed E-state index contributed by atoms with van der Waals surface area (Å²) in [6.45, 7) is 3.24. The highest BCUT2D eigenvalue weighted by Gasteiger charge is 2.45. The third-order valence-corrected chi connectivity index (χ3v) is 7.45. The Morgan fingerprint density at radius 2 is 1.88 bits per heavy atom. The molecule has 1 atom stereocenters. The van der Waals surface area contributed by atoms with Crippen molar-refractivity contribution in [3.8, 4) is 11.3 Å². The Bertz CT molecular complexity index is 959. The average molecular weight is 452 g/mol. The predicted molar refractivity (Wildman–Crippen MR) is 129 cm³/mol. The van der Waals surface area contributed by atoms with E-state index in [0.29, 0.717) is 31.1 Å². The van der Waals surface area contributed by atoms with Crippen molar-refractivity contribution < 1.29 is 14.1 Å². The third-order valence-electron chi connectivity index (χ3n) is 7.45. The number of carbonyl (C=O) groups excluding carboxylic acids is 2. The molecule has 2 fully saturated rings. The van der Waals surface area contributed by atoms with Gasteiger partial charge in [0, 0.05) is 51.7 Å². The highest BCUT2D eigenvalue weighted by atomic mass is 16.5. The van der Waals surface area contributed by atoms with Crippen LogP contribution >= 0.6 is 0 Å². The van der Waals surface area contributed by atoms with E-state index in [-0.39, 0.29) is 11.8 Å². The second kappa shape index (κ2) is 10.1. The summed E-state index contributed by atoms with van der Waals surface area (Å²) in [6.07, 6.45) is 8.70. The lowest BCUT2D eigenvalue weighted by Gasteiger charge is -2.42. The van der Waals surface area contributed by atoms with E-state index in [2.05, 4.69) is 24.2 Å². The third kappa shape index (κ3) is 5.48. The quantitative estimate of drug-likeness (QED) is 0.603. The molecule has 33 heavy (non-hydrogen) atoms. The summed E-state index contributed by atoms with van der Waals surface area (Å²) in [6, 6.07) is 10.1. The van der Waals surface area contributed by atoms with Crippen molar-refractivity contribution in [3.05, 3.63) is 41.7 Å². The Balaban J connectivity index is 1.49. The van der Waals surface area contributed by atoms with Gasteiger partial charge in [-0.1, -0.05) is 60.7 Å². The fraction of sp³-hybridized carbons (Fsp3) is 0.593. The Kier molecular flexibility index (Phi) is 7.20. The van der Waals surface area contributed by atoms with Crippen LogP contribution in [0, 0.1) is 18.3 Å². The Hall–Kier alpha value is -2.63. The molecule has 1 aromatic heterocycles. The molecule has 6 heteroatoms. The zero-order chi connectivity index (χ0) is 23.4. The van der Waals surface area contributed by atoms with E-state index in [1.165, 1.54) is 31.2 Å². The summed E-state index contributed by atoms with van der Waals surface area (Å²) in [5.41, 5.74) is 2.29. The molecule has 0 spiro atoms. The number of hydrogen-bond donors (Lipinski definition) is 0. The molecular weight excluding hydrogens is 414 g/mol. The van der Waals surface area contributed by atoms with Gasteiger partial charge in [0.25, 0.3) is 0 Å². The molecule has 1 aliphatic carbocycles. The predicted octanol–water partition coefficient (Wildman–Crippen LogP) is 4.86. The highest BCUT2D eigenvalue weighted by Crippen LogP contribution is 2.37. The van der Waals surface area contributed by atoms with Crippen LogP contribution in [-0.4, -0.2) is 54.0 Å². The first-order valence-corrected chi connectivity index (χ1v) is 12.4. The Morgan fingerprint density at radius 3 is 2.58 bits per heavy atom. The topological polar surface area (TPSA) is 66.7 Å². The first-order valence-electron chi connectivity index (χ1n) is 12.4. The van der Waals surface area contributed by atoms with Gasteiger partial charge in [-0.15, -0.1) is 0 Å². The number of likely N-dealkylation sites (tertiary alicyclic amines) is 1. The number of nitrogens with zero attached hydrogens (tertiary/aromatic N) is 3. The summed E-state index contributed by atoms with van der Waals surface area (Å²) in [7, 11) is 3.59. The standard InChI is InChI=1S/C27H37N3O3/c1-20-9-12-22(13-10-20)24-17-23(33-28-24)18-27(26(32)29(2)3)15-6-16-30(19-27)25(31)14-11-21-7-4-5-8-21/h9-10,12-13,17,21H,4-8,11,14-16,18-19H2,1-3H3/t27-/m0/s1. The lowest BCUT2D eigenvalue weighted by atomic mass is 9.75. The molecule has 0 bridgehead atoms. The summed E-state index contributed by atoms with van der Waals surface area (Å²) < 4.78 is 5.69. The Labute approximate surface area is 197 Å². The van der Waals surface area contributed by atoms with E-state index in [0.717, 1.165) is 37.1 Å². The van der Waals surface area contributed by atoms with Gasteiger partial charge in [0.1, 0.15) is 11.5 Å². The minimum absolute atomic E-state index is 0.0593. The van der Waals surface area contributed by atoms with Crippen LogP contribution in [0.5, 0.6) is 0 Å². The van der Waals surface area contributed by atoms with Crippen LogP contribution in [0.25, 0.3) is 11.3 Å². The van der Waals surface area contributed by atoms with Crippen LogP contribution in [0.3, 0.4) is 0 Å². The van der Waals surface area contributed by atoms with Gasteiger partial charge in [-0.3, -0.25) is 9.59 Å². The molecule has 2 amide bonds. The Morgan fingerprint density at radius 1 is 1.15 bits per heavy atom. The van der Waals surface area contributed by atoms with Crippen molar-refractivity contribution in [2.75, 3.05) is 27.2 Å². The number of piperidine rings is 1. The lowest BCUT2D eigenvalue weighted by Crippen LogP contribution is -2.54. The number of aryl methyl sites for hydroxylation is 1. The van der Waals surface area contributed by atoms with E-state index in [1.54, 1.807) is 19.0 Å². The van der Waals surface area contributed by atoms with E-state index in [1.807, 2.05) is 23.1 Å². The molecular formula is C27H37N3O3. The molecule has 4 rings (SSSR count). The fourth-order valence-corrected chi connectivity index (χ4v) is 5.59. The van der Waals surface area contributed by atoms with Crippen molar-refractivity contribution in [3.63, 3.8) is 0 Å². The molecule has 2 aliphatic rings. The molecule has 1 saturated heterocycles. The van der Waals surface area contributed by atoms with Crippen LogP contribution < -0.4 is 0 Å². The number of hydrogen-bond acceptors (Lipinski definition) is 4. The second-order valence-electron chi connectivity index (χ2n) is 10.3. The fourth-order valence-electron chi connectivity index (χ4n) is 5.59. The van der Waals surface area contributed by atoms with Gasteiger partial charge in [-0.05, 0) is 32.1 Å². The van der Waals surface area contributed by atoms with Gasteiger partial charge in [-0.25, -0.2) is 0 Å². The summed E-state index contributed by atoms with van der Waals surface area (Å²) in [4.78, 5) is 30.1. The van der Waals surface area contributed by atoms with Gasteiger partial charge in [0.15, 0.2) is 0 Å². The first kappa shape index (κ1) is 23.5. The van der Waals surface area contributed by atoms with Gasteiger partial charge in [-0.2, -0.15) is 0 Å². The largest absolute Gasteiger partial charge is 0.361 e. The molecule has 2 heterocycles. The molecule has 6 nitrogen and oxygen atoms in total. The zero-order valence-electron chi connectivity index (χ0n) is 20.3. The monoisotopic (exact) mass is 451 g/mol. The molecule has 2 aromatic rings. The molecule has 0 radical (unpaired) electrons. The van der Waals surface area contributed by atoms with Gasteiger partial charge >= 0.3 is 0 Å². The molecule has 0 unspecified atom stereocenters. The second-order valence-corrected chi connectivity index (χ2v) is 10.3. The summed E-state index contributed by atoms with van der Waals surface area (Å²) >= 11 is 0. The van der Waals surface area contributed by atoms with Crippen LogP contribution in [-0.2, 0) is 16.0 Å². The maximum atomic E-state index is 13.4. The number of rotatable bonds is 7. The summed E-state index contributed by atoms with van der Waals surface area (Å²) in [5, 5.41) is 4.26. The molecule has 1 aromatic carbocycles. The number of benzene rings is 1. The molecule has 0 N–H and O–H groups in total. The maximum Gasteiger partial charge on any atom is 0.230 e. The molecule has 1 aliphatic heterocycles. The highest BCUT2D eigenvalue weighted by molar-refractivity contribution is 5.84.